The Morgan fingerprint density at radius 3 is 2.80 bits per heavy atom. The first-order valence-electron chi connectivity index (χ1n) is 7.98. The van der Waals surface area contributed by atoms with Crippen molar-refractivity contribution >= 4 is 23.3 Å². The van der Waals surface area contributed by atoms with Crippen molar-refractivity contribution in [1.82, 2.24) is 10.2 Å². The lowest BCUT2D eigenvalue weighted by Gasteiger charge is -2.55. The lowest BCUT2D eigenvalue weighted by atomic mass is 9.79. The molecule has 0 spiro atoms. The Morgan fingerprint density at radius 1 is 1.40 bits per heavy atom. The smallest absolute Gasteiger partial charge is 0.317 e. The Labute approximate surface area is 152 Å². The molecule has 25 heavy (non-hydrogen) atoms. The molecule has 0 saturated carbocycles. The highest BCUT2D eigenvalue weighted by Gasteiger charge is 2.59. The third kappa shape index (κ3) is 2.69. The summed E-state index contributed by atoms with van der Waals surface area (Å²) in [5.74, 6) is 0.257. The maximum atomic E-state index is 12.6. The summed E-state index contributed by atoms with van der Waals surface area (Å²) < 4.78 is 22.0. The Balaban J connectivity index is 2.14. The summed E-state index contributed by atoms with van der Waals surface area (Å²) in [6.07, 6.45) is 0. The highest BCUT2D eigenvalue weighted by Crippen LogP contribution is 2.51. The second-order valence-electron chi connectivity index (χ2n) is 6.11. The van der Waals surface area contributed by atoms with Gasteiger partial charge < -0.3 is 29.2 Å². The molecule has 2 heterocycles. The molecular weight excluding hydrogens is 344 g/mol. The average Bonchev–Trinajstić information content (AvgIpc) is 2.60. The summed E-state index contributed by atoms with van der Waals surface area (Å²) in [5, 5.41) is 3.78. The molecule has 8 heteroatoms. The molecule has 3 rings (SSSR count). The van der Waals surface area contributed by atoms with E-state index in [-0.39, 0.29) is 12.0 Å². The van der Waals surface area contributed by atoms with Gasteiger partial charge >= 0.3 is 5.97 Å². The minimum Gasteiger partial charge on any atom is -0.493 e. The van der Waals surface area contributed by atoms with Crippen LogP contribution in [0.5, 0.6) is 11.5 Å². The van der Waals surface area contributed by atoms with Crippen molar-refractivity contribution < 1.29 is 23.7 Å². The van der Waals surface area contributed by atoms with E-state index in [9.17, 15) is 4.79 Å². The van der Waals surface area contributed by atoms with Gasteiger partial charge in [-0.25, -0.2) is 0 Å². The van der Waals surface area contributed by atoms with Gasteiger partial charge in [0.2, 0.25) is 0 Å². The third-order valence-electron chi connectivity index (χ3n) is 4.82. The van der Waals surface area contributed by atoms with Gasteiger partial charge in [-0.3, -0.25) is 4.79 Å². The van der Waals surface area contributed by atoms with Gasteiger partial charge in [-0.15, -0.1) is 0 Å². The van der Waals surface area contributed by atoms with Crippen LogP contribution in [0, 0.1) is 5.92 Å². The molecule has 1 N–H and O–H groups in total. The third-order valence-corrected chi connectivity index (χ3v) is 5.16. The molecule has 0 aromatic heterocycles. The Bertz CT molecular complexity index is 698. The summed E-state index contributed by atoms with van der Waals surface area (Å²) in [6.45, 7) is 2.77. The molecule has 2 aliphatic rings. The normalized spacial score (nSPS) is 27.0. The van der Waals surface area contributed by atoms with Gasteiger partial charge in [0.05, 0.1) is 26.9 Å². The van der Waals surface area contributed by atoms with E-state index in [1.54, 1.807) is 14.2 Å². The van der Waals surface area contributed by atoms with E-state index in [0.29, 0.717) is 29.8 Å². The Morgan fingerprint density at radius 2 is 2.16 bits per heavy atom. The molecular formula is C17H22N2O5S. The first kappa shape index (κ1) is 17.8. The van der Waals surface area contributed by atoms with Crippen LogP contribution in [0.15, 0.2) is 18.2 Å². The van der Waals surface area contributed by atoms with Crippen molar-refractivity contribution in [3.05, 3.63) is 23.8 Å². The lowest BCUT2D eigenvalue weighted by Crippen LogP contribution is -2.71. The topological polar surface area (TPSA) is 69.3 Å². The number of hydrogen-bond donors (Lipinski definition) is 1. The number of ether oxygens (including phenoxy) is 4. The Hall–Kier alpha value is -2.06. The number of fused-ring (bicyclic) bond motifs is 4. The molecule has 1 aromatic carbocycles. The first-order valence-corrected chi connectivity index (χ1v) is 8.39. The van der Waals surface area contributed by atoms with Crippen LogP contribution >= 0.6 is 12.2 Å². The largest absolute Gasteiger partial charge is 0.493 e. The number of para-hydroxylation sites is 1. The summed E-state index contributed by atoms with van der Waals surface area (Å²) in [7, 11) is 4.58. The summed E-state index contributed by atoms with van der Waals surface area (Å²) in [5.41, 5.74) is -0.193. The van der Waals surface area contributed by atoms with E-state index in [1.807, 2.05) is 30.0 Å². The number of carbonyl (C=O) groups excluding carboxylic acids is 1. The lowest BCUT2D eigenvalue weighted by molar-refractivity contribution is -0.174. The molecule has 2 aliphatic heterocycles. The van der Waals surface area contributed by atoms with Crippen LogP contribution in [0.4, 0.5) is 0 Å². The number of carbonyl (C=O) groups is 1. The maximum Gasteiger partial charge on any atom is 0.317 e. The molecule has 136 valence electrons. The highest BCUT2D eigenvalue weighted by atomic mass is 32.1. The van der Waals surface area contributed by atoms with E-state index in [1.165, 1.54) is 7.11 Å². The van der Waals surface area contributed by atoms with Crippen LogP contribution in [-0.4, -0.2) is 56.2 Å². The number of nitrogens with zero attached hydrogens (tertiary/aromatic N) is 1. The minimum atomic E-state index is -1.01. The fourth-order valence-electron chi connectivity index (χ4n) is 3.59. The summed E-state index contributed by atoms with van der Waals surface area (Å²) in [4.78, 5) is 14.4. The predicted octanol–water partition coefficient (Wildman–Crippen LogP) is 1.47. The van der Waals surface area contributed by atoms with Crippen molar-refractivity contribution in [3.8, 4) is 11.5 Å². The number of thiocarbonyl (C=S) groups is 1. The zero-order valence-electron chi connectivity index (χ0n) is 14.7. The molecule has 0 aliphatic carbocycles. The van der Waals surface area contributed by atoms with E-state index in [0.717, 1.165) is 5.56 Å². The van der Waals surface area contributed by atoms with Crippen LogP contribution in [0.1, 0.15) is 18.5 Å². The minimum absolute atomic E-state index is 0.359. The number of rotatable bonds is 5. The fourth-order valence-corrected chi connectivity index (χ4v) is 3.99. The van der Waals surface area contributed by atoms with Crippen molar-refractivity contribution in [2.45, 2.75) is 18.7 Å². The van der Waals surface area contributed by atoms with Gasteiger partial charge in [-0.05, 0) is 25.2 Å². The Kier molecular flexibility index (Phi) is 4.75. The molecule has 1 saturated heterocycles. The molecule has 2 bridgehead atoms. The molecule has 7 nitrogen and oxygen atoms in total. The molecule has 0 unspecified atom stereocenters. The molecule has 1 aromatic rings. The number of hydrogen-bond acceptors (Lipinski definition) is 6. The highest BCUT2D eigenvalue weighted by molar-refractivity contribution is 7.80. The zero-order valence-corrected chi connectivity index (χ0v) is 15.5. The van der Waals surface area contributed by atoms with Crippen molar-refractivity contribution in [2.75, 3.05) is 34.5 Å². The number of benzene rings is 1. The quantitative estimate of drug-likeness (QED) is 0.621. The number of nitrogens with one attached hydrogen (secondary N) is 1. The van der Waals surface area contributed by atoms with E-state index >= 15 is 0 Å². The average molecular weight is 366 g/mol. The van der Waals surface area contributed by atoms with Crippen LogP contribution in [0.2, 0.25) is 0 Å². The predicted molar refractivity (Wildman–Crippen MR) is 94.6 cm³/mol. The monoisotopic (exact) mass is 366 g/mol. The van der Waals surface area contributed by atoms with Crippen LogP contribution in [-0.2, 0) is 14.3 Å². The van der Waals surface area contributed by atoms with Crippen molar-refractivity contribution in [1.29, 1.82) is 0 Å². The fraction of sp³-hybridized carbons (Fsp3) is 0.529. The van der Waals surface area contributed by atoms with Crippen LogP contribution < -0.4 is 14.8 Å². The van der Waals surface area contributed by atoms with E-state index < -0.39 is 11.6 Å². The summed E-state index contributed by atoms with van der Waals surface area (Å²) in [6, 6.07) is 5.23. The zero-order chi connectivity index (χ0) is 18.2. The molecule has 3 atom stereocenters. The van der Waals surface area contributed by atoms with Crippen LogP contribution in [0.3, 0.4) is 0 Å². The molecule has 0 amide bonds. The van der Waals surface area contributed by atoms with Gasteiger partial charge in [-0.1, -0.05) is 12.1 Å². The van der Waals surface area contributed by atoms with E-state index in [4.69, 9.17) is 31.2 Å². The van der Waals surface area contributed by atoms with Gasteiger partial charge in [0, 0.05) is 19.2 Å². The summed E-state index contributed by atoms with van der Waals surface area (Å²) >= 11 is 5.53. The standard InChI is InChI=1S/C17H22N2O5S/c1-17-12(15(20)23-4)13(18-16(25)19(17)8-9-21-2)10-6-5-7-11(22-3)14(10)24-17/h5-7,12-13H,8-9H2,1-4H3,(H,18,25)/t12-,13+,17+/m1/s1. The number of esters is 1. The second-order valence-corrected chi connectivity index (χ2v) is 6.49. The van der Waals surface area contributed by atoms with Crippen molar-refractivity contribution in [3.63, 3.8) is 0 Å². The van der Waals surface area contributed by atoms with E-state index in [2.05, 4.69) is 5.32 Å². The number of methoxy groups -OCH3 is 3. The maximum absolute atomic E-state index is 12.6. The molecule has 0 radical (unpaired) electrons. The van der Waals surface area contributed by atoms with Gasteiger partial charge in [0.1, 0.15) is 5.92 Å². The van der Waals surface area contributed by atoms with Gasteiger partial charge in [-0.2, -0.15) is 0 Å². The van der Waals surface area contributed by atoms with Gasteiger partial charge in [0.25, 0.3) is 0 Å². The second kappa shape index (κ2) is 6.68. The molecule has 1 fully saturated rings. The SMILES string of the molecule is COCCN1C(=S)N[C@H]2c3cccc(OC)c3O[C@@]1(C)[C@H]2C(=O)OC. The first-order chi connectivity index (χ1) is 12.0. The van der Waals surface area contributed by atoms with Crippen molar-refractivity contribution in [2.24, 2.45) is 5.92 Å². The van der Waals surface area contributed by atoms with Crippen LogP contribution in [0.25, 0.3) is 0 Å². The van der Waals surface area contributed by atoms with Gasteiger partial charge in [0.15, 0.2) is 22.3 Å².